The van der Waals surface area contributed by atoms with E-state index in [1.54, 1.807) is 25.1 Å². The third-order valence-electron chi connectivity index (χ3n) is 3.67. The zero-order valence-electron chi connectivity index (χ0n) is 16.2. The Hall–Kier alpha value is -3.88. The summed E-state index contributed by atoms with van der Waals surface area (Å²) < 4.78 is 15.2. The summed E-state index contributed by atoms with van der Waals surface area (Å²) in [7, 11) is 3.02. The molecule has 152 valence electrons. The molecular weight excluding hydrogens is 378 g/mol. The van der Waals surface area contributed by atoms with E-state index < -0.39 is 17.8 Å². The van der Waals surface area contributed by atoms with Gasteiger partial charge in [-0.1, -0.05) is 0 Å². The fourth-order valence-electron chi connectivity index (χ4n) is 2.24. The molecule has 9 heteroatoms. The van der Waals surface area contributed by atoms with Gasteiger partial charge in [-0.2, -0.15) is 5.10 Å². The van der Waals surface area contributed by atoms with Gasteiger partial charge in [-0.05, 0) is 49.4 Å². The predicted molar refractivity (Wildman–Crippen MR) is 106 cm³/mol. The van der Waals surface area contributed by atoms with E-state index >= 15 is 0 Å². The normalized spacial score (nSPS) is 10.3. The summed E-state index contributed by atoms with van der Waals surface area (Å²) in [4.78, 5) is 35.5. The molecule has 0 aliphatic carbocycles. The van der Waals surface area contributed by atoms with Crippen molar-refractivity contribution in [3.8, 4) is 11.5 Å². The van der Waals surface area contributed by atoms with Crippen LogP contribution >= 0.6 is 0 Å². The number of ether oxygens (including phenoxy) is 3. The summed E-state index contributed by atoms with van der Waals surface area (Å²) in [6.07, 6.45) is 1.33. The number of nitrogens with zero attached hydrogens (tertiary/aromatic N) is 1. The van der Waals surface area contributed by atoms with E-state index in [1.807, 2.05) is 0 Å². The number of amides is 2. The van der Waals surface area contributed by atoms with E-state index in [2.05, 4.69) is 15.8 Å². The molecule has 0 aliphatic heterocycles. The van der Waals surface area contributed by atoms with Gasteiger partial charge in [0.25, 0.3) is 0 Å². The number of rotatable bonds is 7. The Morgan fingerprint density at radius 3 is 2.34 bits per heavy atom. The van der Waals surface area contributed by atoms with Crippen LogP contribution in [0.1, 0.15) is 22.8 Å². The first-order valence-corrected chi connectivity index (χ1v) is 8.62. The lowest BCUT2D eigenvalue weighted by atomic mass is 10.2. The van der Waals surface area contributed by atoms with Crippen molar-refractivity contribution >= 4 is 29.7 Å². The van der Waals surface area contributed by atoms with Crippen molar-refractivity contribution in [3.63, 3.8) is 0 Å². The maximum atomic E-state index is 12.0. The summed E-state index contributed by atoms with van der Waals surface area (Å²) in [5.41, 5.74) is 3.37. The van der Waals surface area contributed by atoms with Gasteiger partial charge in [0.05, 0.1) is 32.6 Å². The first-order chi connectivity index (χ1) is 14.0. The summed E-state index contributed by atoms with van der Waals surface area (Å²) in [5, 5.41) is 6.17. The number of benzene rings is 2. The van der Waals surface area contributed by atoms with Gasteiger partial charge in [0.1, 0.15) is 11.5 Å². The molecule has 2 rings (SSSR count). The Morgan fingerprint density at radius 1 is 1.00 bits per heavy atom. The van der Waals surface area contributed by atoms with Crippen LogP contribution in [0.25, 0.3) is 0 Å². The molecule has 2 aromatic carbocycles. The number of hydrazone groups is 1. The van der Waals surface area contributed by atoms with E-state index in [0.717, 1.165) is 0 Å². The molecule has 0 unspecified atom stereocenters. The zero-order chi connectivity index (χ0) is 21.2. The average Bonchev–Trinajstić information content (AvgIpc) is 2.74. The molecule has 0 saturated carbocycles. The van der Waals surface area contributed by atoms with Gasteiger partial charge < -0.3 is 19.5 Å². The van der Waals surface area contributed by atoms with Crippen molar-refractivity contribution in [2.75, 3.05) is 26.1 Å². The second-order valence-corrected chi connectivity index (χ2v) is 5.56. The van der Waals surface area contributed by atoms with Crippen molar-refractivity contribution in [3.05, 3.63) is 53.6 Å². The monoisotopic (exact) mass is 399 g/mol. The van der Waals surface area contributed by atoms with E-state index in [4.69, 9.17) is 14.2 Å². The Balaban J connectivity index is 1.95. The van der Waals surface area contributed by atoms with Crippen LogP contribution in [-0.2, 0) is 14.3 Å². The molecule has 29 heavy (non-hydrogen) atoms. The van der Waals surface area contributed by atoms with Gasteiger partial charge in [0.2, 0.25) is 0 Å². The Labute approximate surface area is 167 Å². The quantitative estimate of drug-likeness (QED) is 0.318. The molecule has 0 aromatic heterocycles. The largest absolute Gasteiger partial charge is 0.497 e. The van der Waals surface area contributed by atoms with E-state index in [1.165, 1.54) is 44.7 Å². The molecule has 0 aliphatic rings. The van der Waals surface area contributed by atoms with Crippen LogP contribution in [0.5, 0.6) is 11.5 Å². The molecule has 0 atom stereocenters. The van der Waals surface area contributed by atoms with Crippen LogP contribution in [-0.4, -0.2) is 44.8 Å². The maximum absolute atomic E-state index is 12.0. The number of esters is 1. The van der Waals surface area contributed by atoms with Gasteiger partial charge >= 0.3 is 17.8 Å². The fraction of sp³-hybridized carbons (Fsp3) is 0.200. The number of hydrogen-bond acceptors (Lipinski definition) is 7. The van der Waals surface area contributed by atoms with Gasteiger partial charge in [-0.15, -0.1) is 0 Å². The smallest absolute Gasteiger partial charge is 0.338 e. The lowest BCUT2D eigenvalue weighted by Gasteiger charge is -2.07. The van der Waals surface area contributed by atoms with E-state index in [9.17, 15) is 14.4 Å². The standard InChI is InChI=1S/C20H21N3O6/c1-4-29-20(26)13-5-7-15(8-6-13)22-18(24)19(25)23-21-12-14-11-16(27-2)9-10-17(14)28-3/h5-12H,4H2,1-3H3,(H,22,24)(H,23,25)/b21-12-. The highest BCUT2D eigenvalue weighted by Crippen LogP contribution is 2.22. The van der Waals surface area contributed by atoms with Crippen molar-refractivity contribution in [1.82, 2.24) is 5.43 Å². The fourth-order valence-corrected chi connectivity index (χ4v) is 2.24. The summed E-state index contributed by atoms with van der Waals surface area (Å²) in [5.74, 6) is -1.23. The second kappa shape index (κ2) is 10.5. The lowest BCUT2D eigenvalue weighted by molar-refractivity contribution is -0.136. The molecular formula is C20H21N3O6. The highest BCUT2D eigenvalue weighted by molar-refractivity contribution is 6.39. The highest BCUT2D eigenvalue weighted by Gasteiger charge is 2.14. The summed E-state index contributed by atoms with van der Waals surface area (Å²) in [6.45, 7) is 1.97. The van der Waals surface area contributed by atoms with Crippen molar-refractivity contribution in [1.29, 1.82) is 0 Å². The number of nitrogens with one attached hydrogen (secondary N) is 2. The van der Waals surface area contributed by atoms with Gasteiger partial charge in [0, 0.05) is 11.3 Å². The minimum atomic E-state index is -0.961. The molecule has 0 fully saturated rings. The molecule has 0 saturated heterocycles. The first kappa shape index (κ1) is 21.4. The average molecular weight is 399 g/mol. The molecule has 0 bridgehead atoms. The SMILES string of the molecule is CCOC(=O)c1ccc(NC(=O)C(=O)N/N=C\c2cc(OC)ccc2OC)cc1. The predicted octanol–water partition coefficient (Wildman–Crippen LogP) is 1.97. The van der Waals surface area contributed by atoms with E-state index in [-0.39, 0.29) is 6.61 Å². The molecule has 0 heterocycles. The van der Waals surface area contributed by atoms with Crippen LogP contribution in [0.4, 0.5) is 5.69 Å². The van der Waals surface area contributed by atoms with Crippen molar-refractivity contribution in [2.24, 2.45) is 5.10 Å². The Morgan fingerprint density at radius 2 is 1.72 bits per heavy atom. The minimum Gasteiger partial charge on any atom is -0.497 e. The molecule has 2 N–H and O–H groups in total. The van der Waals surface area contributed by atoms with Gasteiger partial charge in [-0.3, -0.25) is 9.59 Å². The van der Waals surface area contributed by atoms with Gasteiger partial charge in [-0.25, -0.2) is 10.2 Å². The number of carbonyl (C=O) groups excluding carboxylic acids is 3. The summed E-state index contributed by atoms with van der Waals surface area (Å²) in [6, 6.07) is 11.0. The minimum absolute atomic E-state index is 0.264. The third-order valence-corrected chi connectivity index (χ3v) is 3.67. The highest BCUT2D eigenvalue weighted by atomic mass is 16.5. The molecule has 2 amide bonds. The molecule has 9 nitrogen and oxygen atoms in total. The van der Waals surface area contributed by atoms with Crippen LogP contribution in [0.2, 0.25) is 0 Å². The second-order valence-electron chi connectivity index (χ2n) is 5.56. The van der Waals surface area contributed by atoms with Crippen molar-refractivity contribution in [2.45, 2.75) is 6.92 Å². The number of methoxy groups -OCH3 is 2. The lowest BCUT2D eigenvalue weighted by Crippen LogP contribution is -2.32. The Bertz CT molecular complexity index is 909. The Kier molecular flexibility index (Phi) is 7.72. The molecule has 2 aromatic rings. The van der Waals surface area contributed by atoms with Crippen molar-refractivity contribution < 1.29 is 28.6 Å². The van der Waals surface area contributed by atoms with Crippen LogP contribution in [0.15, 0.2) is 47.6 Å². The molecule has 0 spiro atoms. The van der Waals surface area contributed by atoms with E-state index in [0.29, 0.717) is 28.3 Å². The number of anilines is 1. The van der Waals surface area contributed by atoms with Gasteiger partial charge in [0.15, 0.2) is 0 Å². The van der Waals surface area contributed by atoms with Crippen LogP contribution < -0.4 is 20.2 Å². The number of hydrogen-bond donors (Lipinski definition) is 2. The number of carbonyl (C=O) groups is 3. The zero-order valence-corrected chi connectivity index (χ0v) is 16.2. The summed E-state index contributed by atoms with van der Waals surface area (Å²) >= 11 is 0. The topological polar surface area (TPSA) is 115 Å². The maximum Gasteiger partial charge on any atom is 0.338 e. The first-order valence-electron chi connectivity index (χ1n) is 8.62. The third kappa shape index (κ3) is 6.06. The molecule has 0 radical (unpaired) electrons. The van der Waals surface area contributed by atoms with Crippen LogP contribution in [0.3, 0.4) is 0 Å². The van der Waals surface area contributed by atoms with Crippen LogP contribution in [0, 0.1) is 0 Å².